The molecule has 0 aliphatic carbocycles. The lowest BCUT2D eigenvalue weighted by molar-refractivity contribution is 0.128. The Hall–Kier alpha value is -1.17. The van der Waals surface area contributed by atoms with E-state index in [2.05, 4.69) is 4.36 Å². The van der Waals surface area contributed by atoms with Crippen molar-refractivity contribution < 1.29 is 14.4 Å². The molecule has 0 saturated heterocycles. The van der Waals surface area contributed by atoms with E-state index in [9.17, 15) is 14.4 Å². The maximum absolute atomic E-state index is 13.5. The Bertz CT molecular complexity index is 641. The first kappa shape index (κ1) is 20.9. The number of rotatable bonds is 8. The molecule has 5 heteroatoms. The molecule has 2 N–H and O–H groups in total. The predicted molar refractivity (Wildman–Crippen MR) is 100 cm³/mol. The molecule has 0 saturated carbocycles. The van der Waals surface area contributed by atoms with E-state index >= 15 is 0 Å². The Morgan fingerprint density at radius 2 is 1.71 bits per heavy atom. The van der Waals surface area contributed by atoms with Crippen LogP contribution in [0.2, 0.25) is 0 Å². The van der Waals surface area contributed by atoms with Crippen molar-refractivity contribution in [3.63, 3.8) is 0 Å². The van der Waals surface area contributed by atoms with Crippen LogP contribution in [0, 0.1) is 18.8 Å². The second-order valence-electron chi connectivity index (χ2n) is 6.90. The van der Waals surface area contributed by atoms with Gasteiger partial charge in [0.15, 0.2) is 0 Å². The molecule has 3 atom stereocenters. The Balaban J connectivity index is 3.26. The summed E-state index contributed by atoms with van der Waals surface area (Å²) in [6.07, 6.45) is 1.70. The number of benzene rings is 1. The van der Waals surface area contributed by atoms with E-state index in [1.165, 1.54) is 0 Å². The fourth-order valence-electron chi connectivity index (χ4n) is 2.07. The lowest BCUT2D eigenvalue weighted by Crippen LogP contribution is -2.19. The van der Waals surface area contributed by atoms with Gasteiger partial charge in [0, 0.05) is 5.41 Å². The highest BCUT2D eigenvalue weighted by Gasteiger charge is 2.17. The van der Waals surface area contributed by atoms with E-state index in [1.807, 2.05) is 58.9 Å². The van der Waals surface area contributed by atoms with Gasteiger partial charge in [0.1, 0.15) is 0 Å². The molecule has 4 nitrogen and oxygen atoms in total. The van der Waals surface area contributed by atoms with E-state index in [0.717, 1.165) is 5.56 Å². The fraction of sp³-hybridized carbons (Fsp3) is 0.579. The van der Waals surface area contributed by atoms with Crippen LogP contribution in [0.5, 0.6) is 0 Å². The molecular formula is C19H31NO3S. The number of hydrogen-bond acceptors (Lipinski definition) is 4. The van der Waals surface area contributed by atoms with Gasteiger partial charge >= 0.3 is 0 Å². The van der Waals surface area contributed by atoms with Crippen molar-refractivity contribution >= 4 is 9.73 Å². The summed E-state index contributed by atoms with van der Waals surface area (Å²) in [6, 6.07) is 7.06. The third-order valence-corrected chi connectivity index (χ3v) is 6.13. The lowest BCUT2D eigenvalue weighted by Gasteiger charge is -2.17. The number of nitrogens with zero attached hydrogens (tertiary/aromatic N) is 1. The SMILES string of the molecule is Cc1ccc(S(=O)(/C=C\C[C@H](O)C(C)C)=N[C@H](CO)C(C)C)cc1. The van der Waals surface area contributed by atoms with Gasteiger partial charge in [0.25, 0.3) is 0 Å². The van der Waals surface area contributed by atoms with Crippen LogP contribution in [0.15, 0.2) is 45.0 Å². The van der Waals surface area contributed by atoms with E-state index < -0.39 is 21.9 Å². The van der Waals surface area contributed by atoms with E-state index in [0.29, 0.717) is 11.3 Å². The van der Waals surface area contributed by atoms with Gasteiger partial charge in [0.05, 0.1) is 33.4 Å². The first-order valence-electron chi connectivity index (χ1n) is 8.48. The number of hydrogen-bond donors (Lipinski definition) is 2. The molecule has 1 aromatic carbocycles. The maximum atomic E-state index is 13.5. The monoisotopic (exact) mass is 353 g/mol. The molecule has 1 aromatic rings. The van der Waals surface area contributed by atoms with Gasteiger partial charge in [-0.3, -0.25) is 0 Å². The highest BCUT2D eigenvalue weighted by atomic mass is 32.2. The van der Waals surface area contributed by atoms with Crippen LogP contribution in [0.1, 0.15) is 39.7 Å². The minimum atomic E-state index is -2.79. The number of aliphatic hydroxyl groups is 2. The summed E-state index contributed by atoms with van der Waals surface area (Å²) in [6.45, 7) is 9.63. The molecule has 0 heterocycles. The van der Waals surface area contributed by atoms with Crippen molar-refractivity contribution in [1.82, 2.24) is 0 Å². The second kappa shape index (κ2) is 9.35. The Morgan fingerprint density at radius 1 is 1.12 bits per heavy atom. The van der Waals surface area contributed by atoms with Gasteiger partial charge in [-0.25, -0.2) is 8.57 Å². The highest BCUT2D eigenvalue weighted by Crippen LogP contribution is 2.21. The molecule has 136 valence electrons. The smallest absolute Gasteiger partial charge is 0.0969 e. The van der Waals surface area contributed by atoms with Crippen molar-refractivity contribution in [1.29, 1.82) is 0 Å². The number of aryl methyl sites for hydroxylation is 1. The van der Waals surface area contributed by atoms with E-state index in [-0.39, 0.29) is 18.4 Å². The second-order valence-corrected chi connectivity index (χ2v) is 8.99. The molecule has 0 fully saturated rings. The molecule has 0 amide bonds. The summed E-state index contributed by atoms with van der Waals surface area (Å²) < 4.78 is 18.0. The molecule has 0 aliphatic rings. The van der Waals surface area contributed by atoms with Crippen molar-refractivity contribution in [2.75, 3.05) is 6.61 Å². The van der Waals surface area contributed by atoms with E-state index in [1.54, 1.807) is 11.5 Å². The minimum absolute atomic E-state index is 0.0935. The van der Waals surface area contributed by atoms with Gasteiger partial charge in [-0.2, -0.15) is 0 Å². The molecule has 1 rings (SSSR count). The lowest BCUT2D eigenvalue weighted by atomic mass is 10.1. The summed E-state index contributed by atoms with van der Waals surface area (Å²) in [7, 11) is -2.79. The summed E-state index contributed by atoms with van der Waals surface area (Å²) in [4.78, 5) is 0.627. The molecule has 0 radical (unpaired) electrons. The number of aliphatic hydroxyl groups excluding tert-OH is 2. The average Bonchev–Trinajstić information content (AvgIpc) is 2.52. The predicted octanol–water partition coefficient (Wildman–Crippen LogP) is 3.76. The Morgan fingerprint density at radius 3 is 2.17 bits per heavy atom. The zero-order valence-corrected chi connectivity index (χ0v) is 16.2. The first-order chi connectivity index (χ1) is 11.2. The van der Waals surface area contributed by atoms with Crippen LogP contribution in [0.4, 0.5) is 0 Å². The molecule has 1 unspecified atom stereocenters. The highest BCUT2D eigenvalue weighted by molar-refractivity contribution is 7.96. The van der Waals surface area contributed by atoms with E-state index in [4.69, 9.17) is 0 Å². The Labute approximate surface area is 146 Å². The minimum Gasteiger partial charge on any atom is -0.394 e. The third kappa shape index (κ3) is 6.04. The van der Waals surface area contributed by atoms with Crippen LogP contribution < -0.4 is 0 Å². The van der Waals surface area contributed by atoms with Gasteiger partial charge in [0.2, 0.25) is 0 Å². The van der Waals surface area contributed by atoms with Crippen molar-refractivity contribution in [2.24, 2.45) is 16.2 Å². The van der Waals surface area contributed by atoms with Crippen LogP contribution in [0.25, 0.3) is 0 Å². The molecule has 24 heavy (non-hydrogen) atoms. The van der Waals surface area contributed by atoms with Crippen molar-refractivity contribution in [2.45, 2.75) is 58.1 Å². The van der Waals surface area contributed by atoms with Gasteiger partial charge in [-0.05, 0) is 37.3 Å². The van der Waals surface area contributed by atoms with Gasteiger partial charge in [-0.1, -0.05) is 51.5 Å². The summed E-state index contributed by atoms with van der Waals surface area (Å²) in [5.74, 6) is 0.235. The summed E-state index contributed by atoms with van der Waals surface area (Å²) in [5, 5.41) is 21.1. The van der Waals surface area contributed by atoms with Crippen LogP contribution in [-0.2, 0) is 9.73 Å². The van der Waals surface area contributed by atoms with Crippen LogP contribution in [-0.4, -0.2) is 33.2 Å². The first-order valence-corrected chi connectivity index (χ1v) is 10.1. The van der Waals surface area contributed by atoms with Crippen LogP contribution >= 0.6 is 0 Å². The largest absolute Gasteiger partial charge is 0.394 e. The average molecular weight is 354 g/mol. The summed E-state index contributed by atoms with van der Waals surface area (Å²) in [5.41, 5.74) is 1.09. The third-order valence-electron chi connectivity index (χ3n) is 4.04. The fourth-order valence-corrected chi connectivity index (χ4v) is 4.03. The Kier molecular flexibility index (Phi) is 8.13. The normalized spacial score (nSPS) is 17.2. The van der Waals surface area contributed by atoms with Crippen LogP contribution in [0.3, 0.4) is 0 Å². The van der Waals surface area contributed by atoms with Crippen molar-refractivity contribution in [3.8, 4) is 0 Å². The van der Waals surface area contributed by atoms with Gasteiger partial charge < -0.3 is 10.2 Å². The molecule has 0 spiro atoms. The molecular weight excluding hydrogens is 322 g/mol. The standard InChI is InChI=1S/C19H31NO3S/c1-14(2)18(13-21)20-24(23,12-6-7-19(22)15(3)4)17-10-8-16(5)9-11-17/h6,8-12,14-15,18-19,21-22H,7,13H2,1-5H3/b12-6-/t18-,19+,24?/m1/s1. The van der Waals surface area contributed by atoms with Crippen molar-refractivity contribution in [3.05, 3.63) is 41.3 Å². The maximum Gasteiger partial charge on any atom is 0.0969 e. The van der Waals surface area contributed by atoms with Gasteiger partial charge in [-0.15, -0.1) is 0 Å². The summed E-state index contributed by atoms with van der Waals surface area (Å²) >= 11 is 0. The molecule has 0 aliphatic heterocycles. The topological polar surface area (TPSA) is 69.9 Å². The zero-order chi connectivity index (χ0) is 18.3. The quantitative estimate of drug-likeness (QED) is 0.747. The molecule has 0 bridgehead atoms. The zero-order valence-electron chi connectivity index (χ0n) is 15.3. The molecule has 0 aromatic heterocycles.